The van der Waals surface area contributed by atoms with E-state index >= 15 is 0 Å². The molecule has 0 unspecified atom stereocenters. The average Bonchev–Trinajstić information content (AvgIpc) is 2.47. The number of halogens is 1. The van der Waals surface area contributed by atoms with Gasteiger partial charge in [0.25, 0.3) is 0 Å². The van der Waals surface area contributed by atoms with E-state index in [-0.39, 0.29) is 5.82 Å². The normalized spacial score (nSPS) is 9.75. The molecule has 2 rings (SSSR count). The number of rotatable bonds is 3. The molecule has 0 spiro atoms. The van der Waals surface area contributed by atoms with Crippen LogP contribution >= 0.6 is 0 Å². The van der Waals surface area contributed by atoms with E-state index < -0.39 is 0 Å². The number of nitrogens with two attached hydrogens (primary N) is 1. The fourth-order valence-electron chi connectivity index (χ4n) is 1.74. The molecule has 0 aliphatic rings. The highest BCUT2D eigenvalue weighted by atomic mass is 19.1. The van der Waals surface area contributed by atoms with Crippen LogP contribution in [0.2, 0.25) is 0 Å². The maximum absolute atomic E-state index is 13.2. The first-order valence-electron chi connectivity index (χ1n) is 6.36. The van der Waals surface area contributed by atoms with Crippen LogP contribution in [-0.4, -0.2) is 6.54 Å². The zero-order chi connectivity index (χ0) is 14.4. The third-order valence-corrected chi connectivity index (χ3v) is 2.89. The third-order valence-electron chi connectivity index (χ3n) is 2.89. The first kappa shape index (κ1) is 14.1. The largest absolute Gasteiger partial charge is 0.489 e. The van der Waals surface area contributed by atoms with Crippen molar-refractivity contribution in [3.05, 3.63) is 65.0 Å². The summed E-state index contributed by atoms with van der Waals surface area (Å²) in [6, 6.07) is 12.1. The fraction of sp³-hybridized carbons (Fsp3) is 0.176. The van der Waals surface area contributed by atoms with Gasteiger partial charge in [-0.05, 0) is 54.4 Å². The molecule has 0 saturated heterocycles. The van der Waals surface area contributed by atoms with Crippen molar-refractivity contribution >= 4 is 0 Å². The molecule has 2 aromatic carbocycles. The molecule has 2 nitrogen and oxygen atoms in total. The second kappa shape index (κ2) is 6.74. The molecule has 0 aliphatic carbocycles. The monoisotopic (exact) mass is 269 g/mol. The lowest BCUT2D eigenvalue weighted by Gasteiger charge is -2.09. The Kier molecular flexibility index (Phi) is 4.75. The maximum atomic E-state index is 13.2. The van der Waals surface area contributed by atoms with Gasteiger partial charge in [-0.3, -0.25) is 0 Å². The molecule has 0 atom stereocenters. The van der Waals surface area contributed by atoms with E-state index in [9.17, 15) is 4.39 Å². The van der Waals surface area contributed by atoms with Crippen molar-refractivity contribution in [3.8, 4) is 17.6 Å². The van der Waals surface area contributed by atoms with Crippen LogP contribution in [0.15, 0.2) is 42.5 Å². The van der Waals surface area contributed by atoms with E-state index in [1.165, 1.54) is 12.1 Å². The first-order valence-corrected chi connectivity index (χ1v) is 6.36. The van der Waals surface area contributed by atoms with Gasteiger partial charge in [-0.2, -0.15) is 0 Å². The minimum atomic E-state index is -0.249. The zero-order valence-corrected chi connectivity index (χ0v) is 11.3. The summed E-state index contributed by atoms with van der Waals surface area (Å²) in [7, 11) is 0. The molecule has 2 N–H and O–H groups in total. The molecule has 0 aliphatic heterocycles. The van der Waals surface area contributed by atoms with E-state index in [1.54, 1.807) is 6.07 Å². The van der Waals surface area contributed by atoms with Crippen LogP contribution in [0.25, 0.3) is 0 Å². The van der Waals surface area contributed by atoms with Gasteiger partial charge in [0.05, 0.1) is 6.54 Å². The van der Waals surface area contributed by atoms with Crippen molar-refractivity contribution in [1.29, 1.82) is 0 Å². The molecule has 102 valence electrons. The third kappa shape index (κ3) is 3.84. The predicted molar refractivity (Wildman–Crippen MR) is 77.8 cm³/mol. The van der Waals surface area contributed by atoms with E-state index in [0.29, 0.717) is 13.2 Å². The molecule has 0 amide bonds. The minimum Gasteiger partial charge on any atom is -0.489 e. The lowest BCUT2D eigenvalue weighted by molar-refractivity contribution is 0.304. The van der Waals surface area contributed by atoms with Crippen molar-refractivity contribution in [3.63, 3.8) is 0 Å². The summed E-state index contributed by atoms with van der Waals surface area (Å²) in [5, 5.41) is 0. The highest BCUT2D eigenvalue weighted by molar-refractivity contribution is 5.38. The van der Waals surface area contributed by atoms with Crippen LogP contribution in [-0.2, 0) is 6.61 Å². The van der Waals surface area contributed by atoms with E-state index in [2.05, 4.69) is 11.8 Å². The van der Waals surface area contributed by atoms with Crippen LogP contribution in [0.1, 0.15) is 16.7 Å². The molecular weight excluding hydrogens is 253 g/mol. The number of hydrogen-bond donors (Lipinski definition) is 1. The second-order valence-corrected chi connectivity index (χ2v) is 4.39. The molecule has 0 heterocycles. The van der Waals surface area contributed by atoms with Crippen LogP contribution in [0, 0.1) is 24.6 Å². The molecule has 20 heavy (non-hydrogen) atoms. The highest BCUT2D eigenvalue weighted by Crippen LogP contribution is 2.16. The Labute approximate surface area is 118 Å². The van der Waals surface area contributed by atoms with Gasteiger partial charge in [0, 0.05) is 5.56 Å². The second-order valence-electron chi connectivity index (χ2n) is 4.39. The summed E-state index contributed by atoms with van der Waals surface area (Å²) >= 11 is 0. The smallest absolute Gasteiger partial charge is 0.123 e. The molecule has 0 fully saturated rings. The Hall–Kier alpha value is -2.31. The molecule has 0 bridgehead atoms. The van der Waals surface area contributed by atoms with Crippen molar-refractivity contribution in [1.82, 2.24) is 0 Å². The number of aryl methyl sites for hydroxylation is 1. The van der Waals surface area contributed by atoms with Gasteiger partial charge in [0.15, 0.2) is 0 Å². The SMILES string of the molecule is Cc1ccc(F)cc1COc1ccc(C#CCN)cc1. The topological polar surface area (TPSA) is 35.2 Å². The fourth-order valence-corrected chi connectivity index (χ4v) is 1.74. The Morgan fingerprint density at radius 1 is 1.15 bits per heavy atom. The van der Waals surface area contributed by atoms with Crippen molar-refractivity contribution in [2.75, 3.05) is 6.54 Å². The number of ether oxygens (including phenoxy) is 1. The molecule has 3 heteroatoms. The van der Waals surface area contributed by atoms with Gasteiger partial charge < -0.3 is 10.5 Å². The van der Waals surface area contributed by atoms with Crippen molar-refractivity contribution in [2.45, 2.75) is 13.5 Å². The van der Waals surface area contributed by atoms with Crippen LogP contribution in [0.3, 0.4) is 0 Å². The van der Waals surface area contributed by atoms with E-state index in [4.69, 9.17) is 10.5 Å². The lowest BCUT2D eigenvalue weighted by atomic mass is 10.1. The lowest BCUT2D eigenvalue weighted by Crippen LogP contribution is -1.98. The molecule has 2 aromatic rings. The van der Waals surface area contributed by atoms with Gasteiger partial charge in [-0.25, -0.2) is 4.39 Å². The van der Waals surface area contributed by atoms with Gasteiger partial charge in [0.2, 0.25) is 0 Å². The standard InChI is InChI=1S/C17H16FNO/c1-13-4-7-16(18)11-15(13)12-20-17-8-5-14(6-9-17)3-2-10-19/h4-9,11H,10,12,19H2,1H3. The Balaban J connectivity index is 2.02. The van der Waals surface area contributed by atoms with Crippen molar-refractivity contribution < 1.29 is 9.13 Å². The van der Waals surface area contributed by atoms with Crippen molar-refractivity contribution in [2.24, 2.45) is 5.73 Å². The van der Waals surface area contributed by atoms with Crippen LogP contribution in [0.5, 0.6) is 5.75 Å². The maximum Gasteiger partial charge on any atom is 0.123 e. The van der Waals surface area contributed by atoms with Gasteiger partial charge in [-0.15, -0.1) is 0 Å². The van der Waals surface area contributed by atoms with Gasteiger partial charge in [0.1, 0.15) is 18.2 Å². The van der Waals surface area contributed by atoms with E-state index in [1.807, 2.05) is 31.2 Å². The molecular formula is C17H16FNO. The molecule has 0 radical (unpaired) electrons. The Morgan fingerprint density at radius 2 is 1.90 bits per heavy atom. The predicted octanol–water partition coefficient (Wildman–Crippen LogP) is 3.02. The zero-order valence-electron chi connectivity index (χ0n) is 11.3. The molecule has 0 aromatic heterocycles. The summed E-state index contributed by atoms with van der Waals surface area (Å²) in [5.41, 5.74) is 8.06. The summed E-state index contributed by atoms with van der Waals surface area (Å²) < 4.78 is 18.8. The summed E-state index contributed by atoms with van der Waals surface area (Å²) in [4.78, 5) is 0. The highest BCUT2D eigenvalue weighted by Gasteiger charge is 2.02. The van der Waals surface area contributed by atoms with Crippen LogP contribution in [0.4, 0.5) is 4.39 Å². The average molecular weight is 269 g/mol. The Morgan fingerprint density at radius 3 is 2.60 bits per heavy atom. The Bertz CT molecular complexity index is 638. The first-order chi connectivity index (χ1) is 9.69. The quantitative estimate of drug-likeness (QED) is 0.869. The minimum absolute atomic E-state index is 0.249. The van der Waals surface area contributed by atoms with Gasteiger partial charge >= 0.3 is 0 Å². The number of benzene rings is 2. The number of hydrogen-bond acceptors (Lipinski definition) is 2. The van der Waals surface area contributed by atoms with E-state index in [0.717, 1.165) is 22.4 Å². The summed E-state index contributed by atoms with van der Waals surface area (Å²) in [5.74, 6) is 6.21. The molecule has 0 saturated carbocycles. The summed E-state index contributed by atoms with van der Waals surface area (Å²) in [6.07, 6.45) is 0. The van der Waals surface area contributed by atoms with Crippen LogP contribution < -0.4 is 10.5 Å². The van der Waals surface area contributed by atoms with Gasteiger partial charge in [-0.1, -0.05) is 17.9 Å². The summed E-state index contributed by atoms with van der Waals surface area (Å²) in [6.45, 7) is 2.62.